The molecule has 2 aromatic rings. The smallest absolute Gasteiger partial charge is 0.242 e. The van der Waals surface area contributed by atoms with Gasteiger partial charge in [0.05, 0.1) is 11.7 Å². The average molecular weight is 312 g/mol. The summed E-state index contributed by atoms with van der Waals surface area (Å²) in [5, 5.41) is 3.32. The molecule has 108 valence electrons. The molecule has 0 saturated carbocycles. The lowest BCUT2D eigenvalue weighted by Gasteiger charge is -2.03. The SMILES string of the molecule is Cc1ccc(-c2nc(NC(=O)[C@@H](C)N)sc2C)cc1.Cl. The van der Waals surface area contributed by atoms with E-state index in [1.807, 2.05) is 38.1 Å². The average Bonchev–Trinajstić information content (AvgIpc) is 2.71. The maximum atomic E-state index is 11.5. The number of anilines is 1. The molecule has 20 heavy (non-hydrogen) atoms. The van der Waals surface area contributed by atoms with Gasteiger partial charge in [-0.2, -0.15) is 0 Å². The number of amides is 1. The van der Waals surface area contributed by atoms with Crippen LogP contribution in [0.4, 0.5) is 5.13 Å². The number of benzene rings is 1. The van der Waals surface area contributed by atoms with Gasteiger partial charge >= 0.3 is 0 Å². The van der Waals surface area contributed by atoms with Crippen molar-refractivity contribution in [2.75, 3.05) is 5.32 Å². The van der Waals surface area contributed by atoms with Crippen molar-refractivity contribution in [3.05, 3.63) is 34.7 Å². The second-order valence-electron chi connectivity index (χ2n) is 4.57. The molecule has 0 aliphatic heterocycles. The molecule has 0 radical (unpaired) electrons. The number of halogens is 1. The van der Waals surface area contributed by atoms with Crippen molar-refractivity contribution in [2.45, 2.75) is 26.8 Å². The summed E-state index contributed by atoms with van der Waals surface area (Å²) >= 11 is 1.46. The molecule has 0 unspecified atom stereocenters. The molecule has 0 spiro atoms. The Morgan fingerprint density at radius 2 is 1.90 bits per heavy atom. The van der Waals surface area contributed by atoms with E-state index in [4.69, 9.17) is 5.73 Å². The molecule has 1 heterocycles. The number of thiazole rings is 1. The highest BCUT2D eigenvalue weighted by molar-refractivity contribution is 7.16. The summed E-state index contributed by atoms with van der Waals surface area (Å²) in [7, 11) is 0. The number of nitrogens with two attached hydrogens (primary N) is 1. The fourth-order valence-corrected chi connectivity index (χ4v) is 2.49. The summed E-state index contributed by atoms with van der Waals surface area (Å²) in [4.78, 5) is 17.1. The zero-order valence-electron chi connectivity index (χ0n) is 11.6. The summed E-state index contributed by atoms with van der Waals surface area (Å²) in [6.07, 6.45) is 0. The van der Waals surface area contributed by atoms with E-state index in [1.165, 1.54) is 16.9 Å². The minimum atomic E-state index is -0.535. The third-order valence-electron chi connectivity index (χ3n) is 2.77. The second kappa shape index (κ2) is 6.83. The first-order valence-electron chi connectivity index (χ1n) is 6.08. The van der Waals surface area contributed by atoms with Crippen molar-refractivity contribution in [3.63, 3.8) is 0 Å². The van der Waals surface area contributed by atoms with E-state index >= 15 is 0 Å². The lowest BCUT2D eigenvalue weighted by molar-refractivity contribution is -0.117. The number of nitrogens with one attached hydrogen (secondary N) is 1. The fraction of sp³-hybridized carbons (Fsp3) is 0.286. The lowest BCUT2D eigenvalue weighted by Crippen LogP contribution is -2.32. The van der Waals surface area contributed by atoms with Crippen molar-refractivity contribution >= 4 is 34.8 Å². The van der Waals surface area contributed by atoms with Crippen LogP contribution in [0.3, 0.4) is 0 Å². The van der Waals surface area contributed by atoms with Crippen LogP contribution in [0.5, 0.6) is 0 Å². The molecule has 2 rings (SSSR count). The molecule has 0 bridgehead atoms. The second-order valence-corrected chi connectivity index (χ2v) is 5.77. The van der Waals surface area contributed by atoms with Crippen LogP contribution in [-0.2, 0) is 4.79 Å². The van der Waals surface area contributed by atoms with Crippen molar-refractivity contribution in [2.24, 2.45) is 5.73 Å². The largest absolute Gasteiger partial charge is 0.320 e. The van der Waals surface area contributed by atoms with Gasteiger partial charge in [-0.05, 0) is 20.8 Å². The van der Waals surface area contributed by atoms with Crippen LogP contribution in [0.1, 0.15) is 17.4 Å². The van der Waals surface area contributed by atoms with Crippen LogP contribution in [0, 0.1) is 13.8 Å². The topological polar surface area (TPSA) is 68.0 Å². The number of carbonyl (C=O) groups excluding carboxylic acids is 1. The monoisotopic (exact) mass is 311 g/mol. The van der Waals surface area contributed by atoms with Gasteiger partial charge in [-0.3, -0.25) is 4.79 Å². The van der Waals surface area contributed by atoms with Crippen LogP contribution in [0.15, 0.2) is 24.3 Å². The summed E-state index contributed by atoms with van der Waals surface area (Å²) in [6.45, 7) is 5.69. The molecule has 0 saturated heterocycles. The third kappa shape index (κ3) is 3.79. The molecule has 3 N–H and O–H groups in total. The van der Waals surface area contributed by atoms with Gasteiger partial charge < -0.3 is 11.1 Å². The van der Waals surface area contributed by atoms with Crippen molar-refractivity contribution < 1.29 is 4.79 Å². The Kier molecular flexibility index (Phi) is 5.68. The maximum Gasteiger partial charge on any atom is 0.242 e. The first-order chi connectivity index (χ1) is 8.97. The van der Waals surface area contributed by atoms with Crippen molar-refractivity contribution in [1.82, 2.24) is 4.98 Å². The quantitative estimate of drug-likeness (QED) is 0.915. The van der Waals surface area contributed by atoms with E-state index in [0.29, 0.717) is 5.13 Å². The summed E-state index contributed by atoms with van der Waals surface area (Å²) in [6, 6.07) is 7.64. The van der Waals surface area contributed by atoms with Gasteiger partial charge in [0.1, 0.15) is 0 Å². The molecule has 6 heteroatoms. The third-order valence-corrected chi connectivity index (χ3v) is 3.65. The molecular formula is C14H18ClN3OS. The minimum absolute atomic E-state index is 0. The molecule has 1 aromatic heterocycles. The zero-order valence-corrected chi connectivity index (χ0v) is 13.3. The standard InChI is InChI=1S/C14H17N3OS.ClH/c1-8-4-6-11(7-5-8)12-10(3)19-14(16-12)17-13(18)9(2)15;/h4-7,9H,15H2,1-3H3,(H,16,17,18);1H/t9-;/m1./s1. The Balaban J connectivity index is 0.00000200. The number of nitrogens with zero attached hydrogens (tertiary/aromatic N) is 1. The summed E-state index contributed by atoms with van der Waals surface area (Å²) in [5.41, 5.74) is 8.70. The van der Waals surface area contributed by atoms with Crippen LogP contribution < -0.4 is 11.1 Å². The minimum Gasteiger partial charge on any atom is -0.320 e. The fourth-order valence-electron chi connectivity index (χ4n) is 1.65. The molecule has 0 fully saturated rings. The van der Waals surface area contributed by atoms with Gasteiger partial charge in [-0.25, -0.2) is 4.98 Å². The molecule has 1 atom stereocenters. The van der Waals surface area contributed by atoms with E-state index in [2.05, 4.69) is 10.3 Å². The van der Waals surface area contributed by atoms with E-state index in [-0.39, 0.29) is 18.3 Å². The summed E-state index contributed by atoms with van der Waals surface area (Å²) < 4.78 is 0. The zero-order chi connectivity index (χ0) is 14.0. The predicted molar refractivity (Wildman–Crippen MR) is 86.6 cm³/mol. The highest BCUT2D eigenvalue weighted by Crippen LogP contribution is 2.30. The van der Waals surface area contributed by atoms with Gasteiger partial charge in [0.25, 0.3) is 0 Å². The highest BCUT2D eigenvalue weighted by atomic mass is 35.5. The summed E-state index contributed by atoms with van der Waals surface area (Å²) in [5.74, 6) is -0.218. The molecule has 4 nitrogen and oxygen atoms in total. The first-order valence-corrected chi connectivity index (χ1v) is 6.90. The number of carbonyl (C=O) groups is 1. The Morgan fingerprint density at radius 1 is 1.30 bits per heavy atom. The maximum absolute atomic E-state index is 11.5. The molecule has 0 aliphatic carbocycles. The van der Waals surface area contributed by atoms with Gasteiger partial charge in [0, 0.05) is 10.4 Å². The van der Waals surface area contributed by atoms with Crippen LogP contribution in [0.2, 0.25) is 0 Å². The number of rotatable bonds is 3. The Morgan fingerprint density at radius 3 is 2.45 bits per heavy atom. The molecule has 0 aliphatic rings. The highest BCUT2D eigenvalue weighted by Gasteiger charge is 2.13. The van der Waals surface area contributed by atoms with Gasteiger partial charge in [0.15, 0.2) is 5.13 Å². The number of aryl methyl sites for hydroxylation is 2. The van der Waals surface area contributed by atoms with Crippen molar-refractivity contribution in [1.29, 1.82) is 0 Å². The van der Waals surface area contributed by atoms with Crippen molar-refractivity contribution in [3.8, 4) is 11.3 Å². The van der Waals surface area contributed by atoms with Crippen LogP contribution >= 0.6 is 23.7 Å². The Bertz CT molecular complexity index is 593. The Hall–Kier alpha value is -1.43. The van der Waals surface area contributed by atoms with Crippen LogP contribution in [0.25, 0.3) is 11.3 Å². The first kappa shape index (κ1) is 16.6. The van der Waals surface area contributed by atoms with Crippen LogP contribution in [-0.4, -0.2) is 16.9 Å². The lowest BCUT2D eigenvalue weighted by atomic mass is 10.1. The van der Waals surface area contributed by atoms with E-state index < -0.39 is 6.04 Å². The molecular weight excluding hydrogens is 294 g/mol. The Labute approximate surface area is 128 Å². The number of aromatic nitrogens is 1. The van der Waals surface area contributed by atoms with Gasteiger partial charge in [-0.1, -0.05) is 29.8 Å². The predicted octanol–water partition coefficient (Wildman–Crippen LogP) is 3.13. The van der Waals surface area contributed by atoms with Gasteiger partial charge in [0.2, 0.25) is 5.91 Å². The molecule has 1 aromatic carbocycles. The van der Waals surface area contributed by atoms with E-state index in [1.54, 1.807) is 6.92 Å². The van der Waals surface area contributed by atoms with E-state index in [0.717, 1.165) is 16.1 Å². The molecule has 1 amide bonds. The normalized spacial score (nSPS) is 11.6. The van der Waals surface area contributed by atoms with Gasteiger partial charge in [-0.15, -0.1) is 23.7 Å². The van der Waals surface area contributed by atoms with E-state index in [9.17, 15) is 4.79 Å². The number of hydrogen-bond donors (Lipinski definition) is 2. The number of hydrogen-bond acceptors (Lipinski definition) is 4.